The van der Waals surface area contributed by atoms with Crippen molar-refractivity contribution in [3.8, 4) is 5.69 Å². The fraction of sp³-hybridized carbons (Fsp3) is 0.158. The molecule has 5 heteroatoms. The van der Waals surface area contributed by atoms with Crippen molar-refractivity contribution >= 4 is 11.7 Å². The molecule has 0 aliphatic heterocycles. The van der Waals surface area contributed by atoms with Gasteiger partial charge in [-0.15, -0.1) is 0 Å². The monoisotopic (exact) mass is 320 g/mol. The van der Waals surface area contributed by atoms with Crippen molar-refractivity contribution < 1.29 is 4.79 Å². The number of nitrogens with one attached hydrogen (secondary N) is 2. The Hall–Kier alpha value is -3.08. The van der Waals surface area contributed by atoms with Gasteiger partial charge in [0.25, 0.3) is 5.91 Å². The summed E-state index contributed by atoms with van der Waals surface area (Å²) in [6.07, 6.45) is 1.60. The molecule has 3 rings (SSSR count). The average molecular weight is 320 g/mol. The maximum atomic E-state index is 12.3. The summed E-state index contributed by atoms with van der Waals surface area (Å²) in [5.74, 6) is 0.561. The summed E-state index contributed by atoms with van der Waals surface area (Å²) in [7, 11) is 0. The molecule has 0 saturated carbocycles. The lowest BCUT2D eigenvalue weighted by Gasteiger charge is -2.12. The molecule has 2 aromatic carbocycles. The number of carbonyl (C=O) groups excluding carboxylic acids is 1. The van der Waals surface area contributed by atoms with Gasteiger partial charge in [0, 0.05) is 13.1 Å². The number of carbonyl (C=O) groups is 1. The van der Waals surface area contributed by atoms with Crippen LogP contribution in [0.25, 0.3) is 5.69 Å². The summed E-state index contributed by atoms with van der Waals surface area (Å²) < 4.78 is 1.76. The molecule has 0 atom stereocenters. The van der Waals surface area contributed by atoms with Gasteiger partial charge in [-0.1, -0.05) is 48.5 Å². The largest absolute Gasteiger partial charge is 0.365 e. The summed E-state index contributed by atoms with van der Waals surface area (Å²) in [5, 5.41) is 10.6. The molecular formula is C19H20N4O. The molecule has 1 aromatic heterocycles. The Bertz CT molecular complexity index is 797. The van der Waals surface area contributed by atoms with Gasteiger partial charge in [0.05, 0.1) is 11.9 Å². The zero-order valence-corrected chi connectivity index (χ0v) is 13.6. The lowest BCUT2D eigenvalue weighted by atomic mass is 10.2. The molecular weight excluding hydrogens is 300 g/mol. The number of para-hydroxylation sites is 1. The van der Waals surface area contributed by atoms with Crippen LogP contribution in [0.5, 0.6) is 0 Å². The van der Waals surface area contributed by atoms with E-state index in [1.54, 1.807) is 10.9 Å². The number of hydrogen-bond donors (Lipinski definition) is 2. The first-order valence-electron chi connectivity index (χ1n) is 7.99. The average Bonchev–Trinajstić information content (AvgIpc) is 3.06. The summed E-state index contributed by atoms with van der Waals surface area (Å²) in [4.78, 5) is 12.3. The zero-order valence-electron chi connectivity index (χ0n) is 13.6. The summed E-state index contributed by atoms with van der Waals surface area (Å²) in [6.45, 7) is 3.09. The summed E-state index contributed by atoms with van der Waals surface area (Å²) >= 11 is 0. The van der Waals surface area contributed by atoms with Gasteiger partial charge in [0.1, 0.15) is 11.4 Å². The lowest BCUT2D eigenvalue weighted by molar-refractivity contribution is 0.0956. The molecule has 1 amide bonds. The first-order valence-corrected chi connectivity index (χ1v) is 7.99. The molecule has 3 aromatic rings. The van der Waals surface area contributed by atoms with E-state index in [0.29, 0.717) is 24.5 Å². The molecule has 0 fully saturated rings. The quantitative estimate of drug-likeness (QED) is 0.733. The van der Waals surface area contributed by atoms with Crippen molar-refractivity contribution in [2.24, 2.45) is 0 Å². The Balaban J connectivity index is 1.93. The number of hydrogen-bond acceptors (Lipinski definition) is 3. The molecule has 122 valence electrons. The van der Waals surface area contributed by atoms with Crippen molar-refractivity contribution in [3.05, 3.63) is 78.0 Å². The van der Waals surface area contributed by atoms with Gasteiger partial charge >= 0.3 is 0 Å². The summed E-state index contributed by atoms with van der Waals surface area (Å²) in [5.41, 5.74) is 2.58. The third kappa shape index (κ3) is 3.46. The number of rotatable bonds is 6. The van der Waals surface area contributed by atoms with Gasteiger partial charge in [0.15, 0.2) is 0 Å². The first kappa shape index (κ1) is 15.8. The number of nitrogens with zero attached hydrogens (tertiary/aromatic N) is 2. The Morgan fingerprint density at radius 2 is 1.71 bits per heavy atom. The highest BCUT2D eigenvalue weighted by Gasteiger charge is 2.17. The van der Waals surface area contributed by atoms with Crippen LogP contribution in [0.2, 0.25) is 0 Å². The Morgan fingerprint density at radius 3 is 2.38 bits per heavy atom. The van der Waals surface area contributed by atoms with Crippen LogP contribution in [0.1, 0.15) is 22.8 Å². The van der Waals surface area contributed by atoms with E-state index in [1.165, 1.54) is 0 Å². The van der Waals surface area contributed by atoms with E-state index in [2.05, 4.69) is 15.7 Å². The van der Waals surface area contributed by atoms with Crippen LogP contribution in [0, 0.1) is 0 Å². The number of anilines is 1. The van der Waals surface area contributed by atoms with Crippen molar-refractivity contribution in [2.75, 3.05) is 11.9 Å². The normalized spacial score (nSPS) is 10.4. The van der Waals surface area contributed by atoms with Crippen LogP contribution >= 0.6 is 0 Å². The predicted octanol–water partition coefficient (Wildman–Crippen LogP) is 3.23. The second-order valence-corrected chi connectivity index (χ2v) is 5.35. The molecule has 2 N–H and O–H groups in total. The van der Waals surface area contributed by atoms with E-state index < -0.39 is 0 Å². The minimum absolute atomic E-state index is 0.129. The van der Waals surface area contributed by atoms with E-state index >= 15 is 0 Å². The lowest BCUT2D eigenvalue weighted by Crippen LogP contribution is -2.23. The second kappa shape index (κ2) is 7.46. The molecule has 0 bridgehead atoms. The van der Waals surface area contributed by atoms with E-state index in [4.69, 9.17) is 0 Å². The minimum atomic E-state index is -0.129. The van der Waals surface area contributed by atoms with E-state index in [-0.39, 0.29) is 5.91 Å². The van der Waals surface area contributed by atoms with Gasteiger partial charge < -0.3 is 10.6 Å². The van der Waals surface area contributed by atoms with Crippen LogP contribution in [0.4, 0.5) is 5.82 Å². The number of amides is 1. The predicted molar refractivity (Wildman–Crippen MR) is 95.3 cm³/mol. The SMILES string of the molecule is CCNC(=O)c1cnn(-c2ccccc2)c1NCc1ccccc1. The van der Waals surface area contributed by atoms with Crippen LogP contribution in [0.15, 0.2) is 66.9 Å². The fourth-order valence-corrected chi connectivity index (χ4v) is 2.49. The maximum absolute atomic E-state index is 12.3. The Kier molecular flexibility index (Phi) is 4.91. The summed E-state index contributed by atoms with van der Waals surface area (Å²) in [6, 6.07) is 19.8. The first-order chi connectivity index (χ1) is 11.8. The van der Waals surface area contributed by atoms with E-state index in [0.717, 1.165) is 11.3 Å². The molecule has 0 spiro atoms. The van der Waals surface area contributed by atoms with Gasteiger partial charge in [0.2, 0.25) is 0 Å². The number of aromatic nitrogens is 2. The highest BCUT2D eigenvalue weighted by atomic mass is 16.1. The standard InChI is InChI=1S/C19H20N4O/c1-2-20-19(24)17-14-22-23(16-11-7-4-8-12-16)18(17)21-13-15-9-5-3-6-10-15/h3-12,14,21H,2,13H2,1H3,(H,20,24). The molecule has 0 saturated heterocycles. The van der Waals surface area contributed by atoms with Crippen molar-refractivity contribution in [1.29, 1.82) is 0 Å². The topological polar surface area (TPSA) is 59.0 Å². The highest BCUT2D eigenvalue weighted by Crippen LogP contribution is 2.21. The molecule has 1 heterocycles. The third-order valence-electron chi connectivity index (χ3n) is 3.65. The maximum Gasteiger partial charge on any atom is 0.256 e. The minimum Gasteiger partial charge on any atom is -0.365 e. The van der Waals surface area contributed by atoms with Crippen molar-refractivity contribution in [2.45, 2.75) is 13.5 Å². The Morgan fingerprint density at radius 1 is 1.04 bits per heavy atom. The highest BCUT2D eigenvalue weighted by molar-refractivity contribution is 5.99. The molecule has 0 aliphatic carbocycles. The molecule has 5 nitrogen and oxygen atoms in total. The number of benzene rings is 2. The van der Waals surface area contributed by atoms with Gasteiger partial charge in [-0.2, -0.15) is 5.10 Å². The third-order valence-corrected chi connectivity index (χ3v) is 3.65. The van der Waals surface area contributed by atoms with Gasteiger partial charge in [-0.3, -0.25) is 4.79 Å². The molecule has 0 aliphatic rings. The van der Waals surface area contributed by atoms with E-state index in [1.807, 2.05) is 67.6 Å². The van der Waals surface area contributed by atoms with Gasteiger partial charge in [-0.05, 0) is 24.6 Å². The molecule has 0 unspecified atom stereocenters. The molecule has 0 radical (unpaired) electrons. The van der Waals surface area contributed by atoms with Crippen LogP contribution in [-0.4, -0.2) is 22.2 Å². The van der Waals surface area contributed by atoms with Crippen molar-refractivity contribution in [1.82, 2.24) is 15.1 Å². The van der Waals surface area contributed by atoms with Crippen LogP contribution < -0.4 is 10.6 Å². The van der Waals surface area contributed by atoms with Crippen molar-refractivity contribution in [3.63, 3.8) is 0 Å². The fourth-order valence-electron chi connectivity index (χ4n) is 2.49. The smallest absolute Gasteiger partial charge is 0.256 e. The Labute approximate surface area is 141 Å². The van der Waals surface area contributed by atoms with E-state index in [9.17, 15) is 4.79 Å². The molecule has 24 heavy (non-hydrogen) atoms. The second-order valence-electron chi connectivity index (χ2n) is 5.35. The van der Waals surface area contributed by atoms with Crippen LogP contribution in [0.3, 0.4) is 0 Å². The zero-order chi connectivity index (χ0) is 16.8. The van der Waals surface area contributed by atoms with Gasteiger partial charge in [-0.25, -0.2) is 4.68 Å². The van der Waals surface area contributed by atoms with Crippen LogP contribution in [-0.2, 0) is 6.54 Å².